The smallest absolute Gasteiger partial charge is 0.338 e. The van der Waals surface area contributed by atoms with E-state index < -0.39 is 16.9 Å². The number of methoxy groups -OCH3 is 1. The summed E-state index contributed by atoms with van der Waals surface area (Å²) in [6, 6.07) is 14.8. The van der Waals surface area contributed by atoms with E-state index in [9.17, 15) is 19.7 Å². The first-order valence-electron chi connectivity index (χ1n) is 9.97. The van der Waals surface area contributed by atoms with Gasteiger partial charge in [-0.2, -0.15) is 0 Å². The highest BCUT2D eigenvalue weighted by atomic mass is 32.1. The second-order valence-electron chi connectivity index (χ2n) is 7.23. The molecule has 4 rings (SSSR count). The molecule has 0 amide bonds. The number of allylic oxidation sites excluding steroid dienone is 2. The number of hydrogen-bond acceptors (Lipinski definition) is 7. The predicted octanol–water partition coefficient (Wildman–Crippen LogP) is 2.98. The van der Waals surface area contributed by atoms with Crippen molar-refractivity contribution in [2.75, 3.05) is 7.11 Å². The van der Waals surface area contributed by atoms with Crippen LogP contribution in [0.15, 0.2) is 81.7 Å². The molecule has 0 bridgehead atoms. The molecule has 3 aromatic rings. The van der Waals surface area contributed by atoms with Crippen LogP contribution in [0.5, 0.6) is 0 Å². The van der Waals surface area contributed by atoms with Crippen molar-refractivity contribution in [3.63, 3.8) is 0 Å². The van der Waals surface area contributed by atoms with Crippen LogP contribution < -0.4 is 14.9 Å². The van der Waals surface area contributed by atoms with Crippen molar-refractivity contribution >= 4 is 35.1 Å². The number of nitro groups is 1. The monoisotopic (exact) mass is 461 g/mol. The second-order valence-corrected chi connectivity index (χ2v) is 8.24. The highest BCUT2D eigenvalue weighted by molar-refractivity contribution is 7.07. The van der Waals surface area contributed by atoms with E-state index in [1.54, 1.807) is 31.2 Å². The van der Waals surface area contributed by atoms with Gasteiger partial charge in [0, 0.05) is 12.1 Å². The molecule has 0 radical (unpaired) electrons. The maximum Gasteiger partial charge on any atom is 0.338 e. The Morgan fingerprint density at radius 2 is 1.85 bits per heavy atom. The minimum absolute atomic E-state index is 0.0296. The maximum absolute atomic E-state index is 13.3. The number of benzene rings is 2. The molecular formula is C24H19N3O5S. The number of thiazole rings is 1. The van der Waals surface area contributed by atoms with Crippen LogP contribution in [-0.2, 0) is 9.53 Å². The van der Waals surface area contributed by atoms with Gasteiger partial charge in [0.25, 0.3) is 11.2 Å². The number of non-ortho nitro benzene ring substituents is 1. The molecule has 2 heterocycles. The zero-order valence-electron chi connectivity index (χ0n) is 17.8. The lowest BCUT2D eigenvalue weighted by atomic mass is 10.0. The number of nitro benzene ring substituents is 1. The molecule has 0 aliphatic carbocycles. The fraction of sp³-hybridized carbons (Fsp3) is 0.125. The standard InChI is InChI=1S/C24H19N3O5S/c1-15-21(23(29)32-2)19(13-10-16-6-4-3-5-7-16)26-22(28)20(33-24(26)25-15)14-17-8-11-18(12-9-17)27(30)31/h3-14,19H,1-2H3/b13-10+,20-14+. The van der Waals surface area contributed by atoms with Crippen LogP contribution in [0, 0.1) is 10.1 Å². The lowest BCUT2D eigenvalue weighted by Gasteiger charge is -2.21. The molecule has 8 nitrogen and oxygen atoms in total. The van der Waals surface area contributed by atoms with E-state index in [-0.39, 0.29) is 11.2 Å². The van der Waals surface area contributed by atoms with Gasteiger partial charge >= 0.3 is 5.97 Å². The van der Waals surface area contributed by atoms with Gasteiger partial charge in [0.15, 0.2) is 4.80 Å². The average Bonchev–Trinajstić information content (AvgIpc) is 3.12. The third-order valence-corrected chi connectivity index (χ3v) is 6.12. The molecule has 2 aromatic carbocycles. The van der Waals surface area contributed by atoms with Gasteiger partial charge in [0.05, 0.1) is 33.9 Å². The molecule has 1 unspecified atom stereocenters. The Bertz CT molecular complexity index is 1460. The van der Waals surface area contributed by atoms with Gasteiger partial charge in [-0.05, 0) is 36.3 Å². The largest absolute Gasteiger partial charge is 0.466 e. The summed E-state index contributed by atoms with van der Waals surface area (Å²) >= 11 is 1.19. The minimum atomic E-state index is -0.687. The normalized spacial score (nSPS) is 15.9. The fourth-order valence-electron chi connectivity index (χ4n) is 3.53. The van der Waals surface area contributed by atoms with Crippen molar-refractivity contribution in [1.29, 1.82) is 0 Å². The van der Waals surface area contributed by atoms with E-state index in [1.165, 1.54) is 35.1 Å². The van der Waals surface area contributed by atoms with Crippen LogP contribution in [0.1, 0.15) is 24.1 Å². The average molecular weight is 461 g/mol. The van der Waals surface area contributed by atoms with Crippen LogP contribution in [-0.4, -0.2) is 22.6 Å². The molecule has 0 saturated carbocycles. The minimum Gasteiger partial charge on any atom is -0.466 e. The summed E-state index contributed by atoms with van der Waals surface area (Å²) in [6.07, 6.45) is 5.29. The van der Waals surface area contributed by atoms with E-state index >= 15 is 0 Å². The molecule has 0 N–H and O–H groups in total. The van der Waals surface area contributed by atoms with Gasteiger partial charge in [-0.25, -0.2) is 9.79 Å². The Morgan fingerprint density at radius 1 is 1.15 bits per heavy atom. The lowest BCUT2D eigenvalue weighted by molar-refractivity contribution is -0.384. The van der Waals surface area contributed by atoms with Gasteiger partial charge in [0.1, 0.15) is 0 Å². The number of rotatable bonds is 5. The number of ether oxygens (including phenoxy) is 1. The molecule has 0 spiro atoms. The zero-order valence-corrected chi connectivity index (χ0v) is 18.6. The van der Waals surface area contributed by atoms with Gasteiger partial charge in [-0.3, -0.25) is 19.5 Å². The van der Waals surface area contributed by atoms with Crippen molar-refractivity contribution in [2.24, 2.45) is 4.99 Å². The predicted molar refractivity (Wildman–Crippen MR) is 125 cm³/mol. The molecule has 1 atom stereocenters. The van der Waals surface area contributed by atoms with Crippen molar-refractivity contribution in [3.05, 3.63) is 113 Å². The number of hydrogen-bond donors (Lipinski definition) is 0. The Kier molecular flexibility index (Phi) is 6.14. The van der Waals surface area contributed by atoms with Crippen LogP contribution in [0.3, 0.4) is 0 Å². The summed E-state index contributed by atoms with van der Waals surface area (Å²) in [6.45, 7) is 1.71. The van der Waals surface area contributed by atoms with Crippen LogP contribution in [0.2, 0.25) is 0 Å². The van der Waals surface area contributed by atoms with Gasteiger partial charge in [-0.15, -0.1) is 0 Å². The lowest BCUT2D eigenvalue weighted by Crippen LogP contribution is -2.38. The third kappa shape index (κ3) is 4.44. The number of esters is 1. The molecule has 1 aromatic heterocycles. The summed E-state index contributed by atoms with van der Waals surface area (Å²) in [5.41, 5.74) is 1.99. The Labute approximate surface area is 192 Å². The molecule has 1 aliphatic rings. The first kappa shape index (κ1) is 22.1. The van der Waals surface area contributed by atoms with E-state index in [4.69, 9.17) is 4.74 Å². The van der Waals surface area contributed by atoms with Crippen molar-refractivity contribution in [3.8, 4) is 0 Å². The molecule has 166 valence electrons. The van der Waals surface area contributed by atoms with Crippen molar-refractivity contribution < 1.29 is 14.5 Å². The molecule has 33 heavy (non-hydrogen) atoms. The zero-order chi connectivity index (χ0) is 23.5. The first-order chi connectivity index (χ1) is 15.9. The summed E-state index contributed by atoms with van der Waals surface area (Å²) in [4.78, 5) is 41.2. The quantitative estimate of drug-likeness (QED) is 0.330. The number of carbonyl (C=O) groups excluding carboxylic acids is 1. The van der Waals surface area contributed by atoms with E-state index in [0.29, 0.717) is 26.2 Å². The SMILES string of the molecule is COC(=O)C1=C(C)N=c2s/c(=C/c3ccc([N+](=O)[O-])cc3)c(=O)n2C1/C=C/c1ccccc1. The highest BCUT2D eigenvalue weighted by Gasteiger charge is 2.30. The number of aromatic nitrogens is 1. The Hall–Kier alpha value is -4.11. The highest BCUT2D eigenvalue weighted by Crippen LogP contribution is 2.26. The molecule has 9 heteroatoms. The van der Waals surface area contributed by atoms with Crippen LogP contribution >= 0.6 is 11.3 Å². The number of nitrogens with zero attached hydrogens (tertiary/aromatic N) is 3. The molecule has 0 saturated heterocycles. The number of fused-ring (bicyclic) bond motifs is 1. The van der Waals surface area contributed by atoms with Gasteiger partial charge in [0.2, 0.25) is 0 Å². The van der Waals surface area contributed by atoms with Crippen LogP contribution in [0.25, 0.3) is 12.2 Å². The summed E-state index contributed by atoms with van der Waals surface area (Å²) in [5.74, 6) is -0.552. The second kappa shape index (κ2) is 9.17. The van der Waals surface area contributed by atoms with E-state index in [0.717, 1.165) is 5.56 Å². The number of carbonyl (C=O) groups is 1. The molecule has 0 fully saturated rings. The first-order valence-corrected chi connectivity index (χ1v) is 10.8. The molecule has 1 aliphatic heterocycles. The topological polar surface area (TPSA) is 104 Å². The van der Waals surface area contributed by atoms with Gasteiger partial charge < -0.3 is 4.74 Å². The van der Waals surface area contributed by atoms with Crippen LogP contribution in [0.4, 0.5) is 5.69 Å². The Balaban J connectivity index is 1.84. The summed E-state index contributed by atoms with van der Waals surface area (Å²) < 4.78 is 6.84. The molecular weight excluding hydrogens is 442 g/mol. The van der Waals surface area contributed by atoms with E-state index in [1.807, 2.05) is 36.4 Å². The van der Waals surface area contributed by atoms with Crippen molar-refractivity contribution in [2.45, 2.75) is 13.0 Å². The third-order valence-electron chi connectivity index (χ3n) is 5.14. The fourth-order valence-corrected chi connectivity index (χ4v) is 4.58. The Morgan fingerprint density at radius 3 is 2.48 bits per heavy atom. The van der Waals surface area contributed by atoms with E-state index in [2.05, 4.69) is 4.99 Å². The maximum atomic E-state index is 13.3. The summed E-state index contributed by atoms with van der Waals surface area (Å²) in [5, 5.41) is 10.9. The van der Waals surface area contributed by atoms with Crippen molar-refractivity contribution in [1.82, 2.24) is 4.57 Å². The summed E-state index contributed by atoms with van der Waals surface area (Å²) in [7, 11) is 1.29. The van der Waals surface area contributed by atoms with Gasteiger partial charge in [-0.1, -0.05) is 53.8 Å².